The lowest BCUT2D eigenvalue weighted by atomic mass is 10.1. The number of unbranched alkanes of at least 4 members (excludes halogenated alkanes) is 2. The van der Waals surface area contributed by atoms with Crippen LogP contribution in [-0.2, 0) is 6.42 Å². The summed E-state index contributed by atoms with van der Waals surface area (Å²) in [5.41, 5.74) is 1.36. The van der Waals surface area contributed by atoms with Gasteiger partial charge in [-0.25, -0.2) is 0 Å². The molecular formula is C14H22BrNO. The second-order valence-electron chi connectivity index (χ2n) is 4.47. The summed E-state index contributed by atoms with van der Waals surface area (Å²) < 4.78 is 1.13. The van der Waals surface area contributed by atoms with Crippen LogP contribution in [-0.4, -0.2) is 24.3 Å². The number of benzene rings is 1. The van der Waals surface area contributed by atoms with Crippen LogP contribution < -0.4 is 5.32 Å². The molecule has 0 aliphatic carbocycles. The molecule has 0 amide bonds. The molecule has 1 aromatic carbocycles. The summed E-state index contributed by atoms with van der Waals surface area (Å²) in [6.45, 7) is 3.57. The standard InChI is InChI=1S/C14H22BrNO/c1-12(16-9-3-2-4-10-17)11-13-5-7-14(15)8-6-13/h5-8,12,16-17H,2-4,9-11H2,1H3. The van der Waals surface area contributed by atoms with Crippen LogP contribution in [0.25, 0.3) is 0 Å². The van der Waals surface area contributed by atoms with E-state index in [2.05, 4.69) is 52.4 Å². The minimum atomic E-state index is 0.314. The SMILES string of the molecule is CC(Cc1ccc(Br)cc1)NCCCCCO. The Morgan fingerprint density at radius 2 is 1.88 bits per heavy atom. The molecule has 2 nitrogen and oxygen atoms in total. The predicted octanol–water partition coefficient (Wildman–Crippen LogP) is 3.13. The van der Waals surface area contributed by atoms with Gasteiger partial charge >= 0.3 is 0 Å². The summed E-state index contributed by atoms with van der Waals surface area (Å²) in [6.07, 6.45) is 4.23. The van der Waals surface area contributed by atoms with E-state index in [4.69, 9.17) is 5.11 Å². The van der Waals surface area contributed by atoms with E-state index < -0.39 is 0 Å². The van der Waals surface area contributed by atoms with Crippen LogP contribution in [0.5, 0.6) is 0 Å². The van der Waals surface area contributed by atoms with Gasteiger partial charge in [0.25, 0.3) is 0 Å². The van der Waals surface area contributed by atoms with E-state index in [1.165, 1.54) is 5.56 Å². The molecule has 0 fully saturated rings. The van der Waals surface area contributed by atoms with Crippen molar-refractivity contribution in [3.8, 4) is 0 Å². The summed E-state index contributed by atoms with van der Waals surface area (Å²) in [5.74, 6) is 0. The first-order chi connectivity index (χ1) is 8.22. The van der Waals surface area contributed by atoms with Gasteiger partial charge in [-0.3, -0.25) is 0 Å². The minimum absolute atomic E-state index is 0.314. The van der Waals surface area contributed by atoms with E-state index in [1.807, 2.05) is 0 Å². The van der Waals surface area contributed by atoms with Crippen LogP contribution in [0.3, 0.4) is 0 Å². The Hall–Kier alpha value is -0.380. The summed E-state index contributed by atoms with van der Waals surface area (Å²) >= 11 is 3.44. The van der Waals surface area contributed by atoms with Crippen molar-refractivity contribution in [3.05, 3.63) is 34.3 Å². The van der Waals surface area contributed by atoms with Gasteiger partial charge in [-0.2, -0.15) is 0 Å². The zero-order valence-corrected chi connectivity index (χ0v) is 12.0. The highest BCUT2D eigenvalue weighted by Gasteiger charge is 2.02. The van der Waals surface area contributed by atoms with Crippen molar-refractivity contribution in [1.29, 1.82) is 0 Å². The van der Waals surface area contributed by atoms with Gasteiger partial charge in [0, 0.05) is 17.1 Å². The van der Waals surface area contributed by atoms with Gasteiger partial charge in [0.1, 0.15) is 0 Å². The number of hydrogen-bond acceptors (Lipinski definition) is 2. The van der Waals surface area contributed by atoms with E-state index in [-0.39, 0.29) is 0 Å². The quantitative estimate of drug-likeness (QED) is 0.723. The average Bonchev–Trinajstić information content (AvgIpc) is 2.32. The first-order valence-electron chi connectivity index (χ1n) is 6.31. The Kier molecular flexibility index (Phi) is 7.49. The van der Waals surface area contributed by atoms with Gasteiger partial charge in [0.15, 0.2) is 0 Å². The van der Waals surface area contributed by atoms with Crippen LogP contribution in [0, 0.1) is 0 Å². The molecule has 0 bridgehead atoms. The van der Waals surface area contributed by atoms with Crippen LogP contribution in [0.2, 0.25) is 0 Å². The van der Waals surface area contributed by atoms with Gasteiger partial charge in [0.05, 0.1) is 0 Å². The third-order valence-electron chi connectivity index (χ3n) is 2.78. The maximum atomic E-state index is 8.67. The van der Waals surface area contributed by atoms with Crippen molar-refractivity contribution < 1.29 is 5.11 Å². The molecule has 0 radical (unpaired) electrons. The van der Waals surface area contributed by atoms with E-state index >= 15 is 0 Å². The minimum Gasteiger partial charge on any atom is -0.396 e. The molecule has 1 unspecified atom stereocenters. The number of halogens is 1. The molecule has 0 saturated carbocycles. The Morgan fingerprint density at radius 1 is 1.18 bits per heavy atom. The summed E-state index contributed by atoms with van der Waals surface area (Å²) in [4.78, 5) is 0. The van der Waals surface area contributed by atoms with Gasteiger partial charge in [-0.1, -0.05) is 28.1 Å². The second kappa shape index (κ2) is 8.67. The first kappa shape index (κ1) is 14.7. The molecule has 0 spiro atoms. The number of rotatable bonds is 8. The molecule has 2 N–H and O–H groups in total. The molecule has 17 heavy (non-hydrogen) atoms. The Morgan fingerprint density at radius 3 is 2.53 bits per heavy atom. The monoisotopic (exact) mass is 299 g/mol. The molecule has 1 rings (SSSR count). The number of nitrogens with one attached hydrogen (secondary N) is 1. The Labute approximate surface area is 113 Å². The Bertz CT molecular complexity index is 300. The highest BCUT2D eigenvalue weighted by atomic mass is 79.9. The molecule has 0 aromatic heterocycles. The van der Waals surface area contributed by atoms with Crippen LogP contribution in [0.1, 0.15) is 31.7 Å². The van der Waals surface area contributed by atoms with Gasteiger partial charge in [0.2, 0.25) is 0 Å². The summed E-state index contributed by atoms with van der Waals surface area (Å²) in [5, 5.41) is 12.2. The van der Waals surface area contributed by atoms with Crippen LogP contribution in [0.15, 0.2) is 28.7 Å². The smallest absolute Gasteiger partial charge is 0.0431 e. The lowest BCUT2D eigenvalue weighted by molar-refractivity contribution is 0.282. The summed E-state index contributed by atoms with van der Waals surface area (Å²) in [7, 11) is 0. The third-order valence-corrected chi connectivity index (χ3v) is 3.31. The van der Waals surface area contributed by atoms with Crippen molar-refractivity contribution >= 4 is 15.9 Å². The van der Waals surface area contributed by atoms with E-state index in [0.717, 1.165) is 36.7 Å². The van der Waals surface area contributed by atoms with Crippen LogP contribution in [0.4, 0.5) is 0 Å². The zero-order chi connectivity index (χ0) is 12.5. The molecule has 0 aliphatic heterocycles. The number of aliphatic hydroxyl groups excluding tert-OH is 1. The Balaban J connectivity index is 2.16. The molecule has 0 saturated heterocycles. The van der Waals surface area contributed by atoms with E-state index in [0.29, 0.717) is 12.6 Å². The van der Waals surface area contributed by atoms with Crippen molar-refractivity contribution in [2.45, 2.75) is 38.6 Å². The highest BCUT2D eigenvalue weighted by molar-refractivity contribution is 9.10. The molecule has 1 atom stereocenters. The van der Waals surface area contributed by atoms with Crippen LogP contribution >= 0.6 is 15.9 Å². The molecule has 96 valence electrons. The van der Waals surface area contributed by atoms with E-state index in [1.54, 1.807) is 0 Å². The fourth-order valence-corrected chi connectivity index (χ4v) is 2.07. The fraction of sp³-hybridized carbons (Fsp3) is 0.571. The topological polar surface area (TPSA) is 32.3 Å². The third kappa shape index (κ3) is 6.81. The first-order valence-corrected chi connectivity index (χ1v) is 7.10. The lowest BCUT2D eigenvalue weighted by Gasteiger charge is -2.13. The number of aliphatic hydroxyl groups is 1. The molecule has 1 aromatic rings. The maximum absolute atomic E-state index is 8.67. The zero-order valence-electron chi connectivity index (χ0n) is 10.5. The maximum Gasteiger partial charge on any atom is 0.0431 e. The summed E-state index contributed by atoms with van der Waals surface area (Å²) in [6, 6.07) is 9.00. The van der Waals surface area contributed by atoms with Gasteiger partial charge < -0.3 is 10.4 Å². The molecule has 0 heterocycles. The van der Waals surface area contributed by atoms with Gasteiger partial charge in [-0.05, 0) is 56.8 Å². The van der Waals surface area contributed by atoms with E-state index in [9.17, 15) is 0 Å². The largest absolute Gasteiger partial charge is 0.396 e. The molecular weight excluding hydrogens is 278 g/mol. The fourth-order valence-electron chi connectivity index (χ4n) is 1.81. The highest BCUT2D eigenvalue weighted by Crippen LogP contribution is 2.11. The molecule has 3 heteroatoms. The van der Waals surface area contributed by atoms with Crippen molar-refractivity contribution in [3.63, 3.8) is 0 Å². The van der Waals surface area contributed by atoms with Crippen molar-refractivity contribution in [2.75, 3.05) is 13.2 Å². The molecule has 0 aliphatic rings. The predicted molar refractivity (Wildman–Crippen MR) is 76.2 cm³/mol. The van der Waals surface area contributed by atoms with Crippen molar-refractivity contribution in [1.82, 2.24) is 5.32 Å². The second-order valence-corrected chi connectivity index (χ2v) is 5.39. The van der Waals surface area contributed by atoms with Gasteiger partial charge in [-0.15, -0.1) is 0 Å². The lowest BCUT2D eigenvalue weighted by Crippen LogP contribution is -2.28. The average molecular weight is 300 g/mol. The van der Waals surface area contributed by atoms with Crippen molar-refractivity contribution in [2.24, 2.45) is 0 Å². The normalized spacial score (nSPS) is 12.6. The number of hydrogen-bond donors (Lipinski definition) is 2.